The van der Waals surface area contributed by atoms with Gasteiger partial charge in [-0.2, -0.15) is 5.26 Å². The zero-order valence-electron chi connectivity index (χ0n) is 13.2. The Balaban J connectivity index is 1.62. The molecule has 0 aliphatic heterocycles. The Morgan fingerprint density at radius 3 is 2.71 bits per heavy atom. The van der Waals surface area contributed by atoms with Gasteiger partial charge in [0, 0.05) is 12.7 Å². The van der Waals surface area contributed by atoms with Gasteiger partial charge in [-0.1, -0.05) is 24.3 Å². The van der Waals surface area contributed by atoms with E-state index in [1.807, 2.05) is 36.4 Å². The van der Waals surface area contributed by atoms with Crippen molar-refractivity contribution in [1.82, 2.24) is 9.88 Å². The lowest BCUT2D eigenvalue weighted by Gasteiger charge is -2.16. The van der Waals surface area contributed by atoms with Crippen LogP contribution in [0.1, 0.15) is 10.6 Å². The van der Waals surface area contributed by atoms with Gasteiger partial charge >= 0.3 is 6.03 Å². The minimum atomic E-state index is -0.192. The molecule has 1 N–H and O–H groups in total. The maximum Gasteiger partial charge on any atom is 0.321 e. The van der Waals surface area contributed by atoms with Crippen LogP contribution in [-0.4, -0.2) is 23.0 Å². The maximum atomic E-state index is 12.3. The van der Waals surface area contributed by atoms with Crippen molar-refractivity contribution in [1.29, 1.82) is 5.26 Å². The number of rotatable bonds is 4. The molecule has 2 aromatic carbocycles. The first kappa shape index (κ1) is 16.0. The molecule has 3 rings (SSSR count). The van der Waals surface area contributed by atoms with E-state index in [1.165, 1.54) is 0 Å². The summed E-state index contributed by atoms with van der Waals surface area (Å²) in [5, 5.41) is 12.4. The number of aromatic nitrogens is 1. The molecule has 0 saturated carbocycles. The minimum absolute atomic E-state index is 0.192. The number of nitriles is 1. The number of para-hydroxylation sites is 1. The van der Waals surface area contributed by atoms with Crippen LogP contribution in [0.5, 0.6) is 0 Å². The van der Waals surface area contributed by atoms with Crippen LogP contribution in [0.2, 0.25) is 0 Å². The summed E-state index contributed by atoms with van der Waals surface area (Å²) in [4.78, 5) is 18.4. The van der Waals surface area contributed by atoms with Gasteiger partial charge in [-0.25, -0.2) is 9.78 Å². The molecule has 6 heteroatoms. The summed E-state index contributed by atoms with van der Waals surface area (Å²) < 4.78 is 1.12. The summed E-state index contributed by atoms with van der Waals surface area (Å²) in [6.07, 6.45) is 0.367. The largest absolute Gasteiger partial charge is 0.321 e. The topological polar surface area (TPSA) is 69.0 Å². The number of nitrogens with zero attached hydrogens (tertiary/aromatic N) is 3. The summed E-state index contributed by atoms with van der Waals surface area (Å²) in [7, 11) is 1.74. The second kappa shape index (κ2) is 7.11. The average molecular weight is 336 g/mol. The molecule has 1 aromatic heterocycles. The van der Waals surface area contributed by atoms with Crippen molar-refractivity contribution in [2.45, 2.75) is 13.0 Å². The average Bonchev–Trinajstić information content (AvgIpc) is 2.99. The van der Waals surface area contributed by atoms with Crippen LogP contribution >= 0.6 is 11.3 Å². The van der Waals surface area contributed by atoms with Crippen molar-refractivity contribution in [2.75, 3.05) is 12.4 Å². The third-order valence-corrected chi connectivity index (χ3v) is 4.57. The molecule has 0 bridgehead atoms. The molecule has 0 fully saturated rings. The zero-order valence-corrected chi connectivity index (χ0v) is 14.0. The normalized spacial score (nSPS) is 10.3. The lowest BCUT2D eigenvalue weighted by Crippen LogP contribution is -2.30. The Hall–Kier alpha value is -2.91. The molecule has 2 amide bonds. The van der Waals surface area contributed by atoms with Gasteiger partial charge in [0.1, 0.15) is 5.01 Å². The highest BCUT2D eigenvalue weighted by molar-refractivity contribution is 7.18. The van der Waals surface area contributed by atoms with E-state index in [2.05, 4.69) is 16.4 Å². The summed E-state index contributed by atoms with van der Waals surface area (Å²) in [5.74, 6) is 0. The second-order valence-corrected chi connectivity index (χ2v) is 6.51. The third kappa shape index (κ3) is 3.70. The van der Waals surface area contributed by atoms with Gasteiger partial charge in [-0.3, -0.25) is 0 Å². The van der Waals surface area contributed by atoms with Crippen molar-refractivity contribution < 1.29 is 4.79 Å². The van der Waals surface area contributed by atoms with Crippen LogP contribution in [0.3, 0.4) is 0 Å². The molecule has 0 saturated heterocycles. The van der Waals surface area contributed by atoms with Gasteiger partial charge in [0.05, 0.1) is 29.3 Å². The Labute approximate surface area is 144 Å². The first-order chi connectivity index (χ1) is 11.7. The van der Waals surface area contributed by atoms with Crippen LogP contribution < -0.4 is 5.32 Å². The number of urea groups is 1. The summed E-state index contributed by atoms with van der Waals surface area (Å²) in [5.41, 5.74) is 2.59. The predicted molar refractivity (Wildman–Crippen MR) is 95.9 cm³/mol. The SMILES string of the molecule is CN(Cc1nc2ccccc2s1)C(=O)Nc1ccc(CC#N)cc1. The predicted octanol–water partition coefficient (Wildman–Crippen LogP) is 4.03. The number of fused-ring (bicyclic) bond motifs is 1. The van der Waals surface area contributed by atoms with Gasteiger partial charge in [0.25, 0.3) is 0 Å². The monoisotopic (exact) mass is 336 g/mol. The van der Waals surface area contributed by atoms with E-state index in [4.69, 9.17) is 5.26 Å². The molecule has 24 heavy (non-hydrogen) atoms. The van der Waals surface area contributed by atoms with Gasteiger partial charge in [-0.05, 0) is 29.8 Å². The molecule has 5 nitrogen and oxygen atoms in total. The summed E-state index contributed by atoms with van der Waals surface area (Å²) in [6.45, 7) is 0.456. The third-order valence-electron chi connectivity index (χ3n) is 3.55. The second-order valence-electron chi connectivity index (χ2n) is 5.39. The minimum Gasteiger partial charge on any atom is -0.321 e. The first-order valence-electron chi connectivity index (χ1n) is 7.48. The zero-order chi connectivity index (χ0) is 16.9. The number of nitrogens with one attached hydrogen (secondary N) is 1. The van der Waals surface area contributed by atoms with Crippen molar-refractivity contribution in [3.8, 4) is 6.07 Å². The molecule has 120 valence electrons. The van der Waals surface area contributed by atoms with E-state index in [-0.39, 0.29) is 6.03 Å². The number of hydrogen-bond acceptors (Lipinski definition) is 4. The molecule has 3 aromatic rings. The number of anilines is 1. The molecular weight excluding hydrogens is 320 g/mol. The van der Waals surface area contributed by atoms with Gasteiger partial charge in [-0.15, -0.1) is 11.3 Å². The highest BCUT2D eigenvalue weighted by Crippen LogP contribution is 2.22. The van der Waals surface area contributed by atoms with Gasteiger partial charge in [0.2, 0.25) is 0 Å². The summed E-state index contributed by atoms with van der Waals surface area (Å²) >= 11 is 1.59. The highest BCUT2D eigenvalue weighted by atomic mass is 32.1. The van der Waals surface area contributed by atoms with E-state index >= 15 is 0 Å². The molecule has 0 spiro atoms. The highest BCUT2D eigenvalue weighted by Gasteiger charge is 2.12. The lowest BCUT2D eigenvalue weighted by molar-refractivity contribution is 0.220. The molecular formula is C18H16N4OS. The van der Waals surface area contributed by atoms with Crippen LogP contribution in [-0.2, 0) is 13.0 Å². The van der Waals surface area contributed by atoms with Crippen molar-refractivity contribution >= 4 is 33.3 Å². The molecule has 1 heterocycles. The maximum absolute atomic E-state index is 12.3. The smallest absolute Gasteiger partial charge is 0.321 e. The fraction of sp³-hybridized carbons (Fsp3) is 0.167. The van der Waals surface area contributed by atoms with E-state index in [0.29, 0.717) is 18.7 Å². The van der Waals surface area contributed by atoms with Gasteiger partial charge < -0.3 is 10.2 Å². The van der Waals surface area contributed by atoms with Crippen LogP contribution in [0, 0.1) is 11.3 Å². The number of thiazole rings is 1. The van der Waals surface area contributed by atoms with E-state index in [0.717, 1.165) is 20.8 Å². The molecule has 0 aliphatic rings. The van der Waals surface area contributed by atoms with Crippen LogP contribution in [0.15, 0.2) is 48.5 Å². The molecule has 0 atom stereocenters. The Kier molecular flexibility index (Phi) is 4.73. The quantitative estimate of drug-likeness (QED) is 0.782. The van der Waals surface area contributed by atoms with Crippen LogP contribution in [0.4, 0.5) is 10.5 Å². The molecule has 0 unspecified atom stereocenters. The van der Waals surface area contributed by atoms with Crippen molar-refractivity contribution in [3.05, 3.63) is 59.1 Å². The standard InChI is InChI=1S/C18H16N4OS/c1-22(12-17-21-15-4-2-3-5-16(15)24-17)18(23)20-14-8-6-13(7-9-14)10-11-19/h2-9H,10,12H2,1H3,(H,20,23). The summed E-state index contributed by atoms with van der Waals surface area (Å²) in [6, 6.07) is 17.1. The van der Waals surface area contributed by atoms with Crippen molar-refractivity contribution in [3.63, 3.8) is 0 Å². The lowest BCUT2D eigenvalue weighted by atomic mass is 10.1. The van der Waals surface area contributed by atoms with Crippen molar-refractivity contribution in [2.24, 2.45) is 0 Å². The fourth-order valence-corrected chi connectivity index (χ4v) is 3.30. The van der Waals surface area contributed by atoms with Crippen LogP contribution in [0.25, 0.3) is 10.2 Å². The van der Waals surface area contributed by atoms with E-state index in [1.54, 1.807) is 35.4 Å². The number of carbonyl (C=O) groups is 1. The number of hydrogen-bond donors (Lipinski definition) is 1. The Morgan fingerprint density at radius 1 is 1.25 bits per heavy atom. The number of benzene rings is 2. The Bertz CT molecular complexity index is 862. The first-order valence-corrected chi connectivity index (χ1v) is 8.30. The molecule has 0 radical (unpaired) electrons. The molecule has 0 aliphatic carbocycles. The fourth-order valence-electron chi connectivity index (χ4n) is 2.28. The van der Waals surface area contributed by atoms with E-state index < -0.39 is 0 Å². The van der Waals surface area contributed by atoms with E-state index in [9.17, 15) is 4.79 Å². The number of carbonyl (C=O) groups excluding carboxylic acids is 1. The Morgan fingerprint density at radius 2 is 2.00 bits per heavy atom. The number of amides is 2. The van der Waals surface area contributed by atoms with Gasteiger partial charge in [0.15, 0.2) is 0 Å².